The van der Waals surface area contributed by atoms with Crippen molar-refractivity contribution in [2.75, 3.05) is 26.2 Å². The molecule has 2 amide bonds. The van der Waals surface area contributed by atoms with E-state index in [1.807, 2.05) is 13.8 Å². The minimum Gasteiger partial charge on any atom is -0.396 e. The molecule has 0 heterocycles. The van der Waals surface area contributed by atoms with Crippen molar-refractivity contribution in [3.8, 4) is 0 Å². The fraction of sp³-hybridized carbons (Fsp3) is 0.846. The van der Waals surface area contributed by atoms with Crippen molar-refractivity contribution in [3.05, 3.63) is 0 Å². The van der Waals surface area contributed by atoms with Crippen LogP contribution in [0.3, 0.4) is 0 Å². The van der Waals surface area contributed by atoms with Gasteiger partial charge in [0.1, 0.15) is 0 Å². The summed E-state index contributed by atoms with van der Waals surface area (Å²) in [4.78, 5) is 25.0. The normalized spacial score (nSPS) is 10.2. The van der Waals surface area contributed by atoms with Crippen molar-refractivity contribution >= 4 is 11.8 Å². The molecular weight excluding hydrogens is 232 g/mol. The van der Waals surface area contributed by atoms with Gasteiger partial charge < -0.3 is 15.3 Å². The lowest BCUT2D eigenvalue weighted by atomic mass is 10.2. The van der Waals surface area contributed by atoms with Gasteiger partial charge in [-0.05, 0) is 32.1 Å². The van der Waals surface area contributed by atoms with E-state index in [4.69, 9.17) is 5.11 Å². The van der Waals surface area contributed by atoms with Gasteiger partial charge in [-0.25, -0.2) is 0 Å². The van der Waals surface area contributed by atoms with Gasteiger partial charge in [0.25, 0.3) is 0 Å². The molecule has 5 nitrogen and oxygen atoms in total. The van der Waals surface area contributed by atoms with Crippen LogP contribution in [0.15, 0.2) is 0 Å². The first kappa shape index (κ1) is 16.9. The van der Waals surface area contributed by atoms with Gasteiger partial charge in [-0.15, -0.1) is 0 Å². The third-order valence-corrected chi connectivity index (χ3v) is 2.59. The summed E-state index contributed by atoms with van der Waals surface area (Å²) in [6.45, 7) is 5.91. The van der Waals surface area contributed by atoms with Crippen LogP contribution in [-0.2, 0) is 9.59 Å². The van der Waals surface area contributed by atoms with Crippen LogP contribution in [0.25, 0.3) is 0 Å². The van der Waals surface area contributed by atoms with E-state index in [1.165, 1.54) is 0 Å². The number of aliphatic hydroxyl groups excluding tert-OH is 1. The average Bonchev–Trinajstić information content (AvgIpc) is 2.37. The molecule has 0 aromatic rings. The quantitative estimate of drug-likeness (QED) is 0.477. The molecule has 5 heteroatoms. The van der Waals surface area contributed by atoms with Crippen molar-refractivity contribution < 1.29 is 14.7 Å². The maximum Gasteiger partial charge on any atom is 0.311 e. The van der Waals surface area contributed by atoms with Crippen LogP contribution in [0.5, 0.6) is 0 Å². The van der Waals surface area contributed by atoms with Gasteiger partial charge in [0.05, 0.1) is 0 Å². The first-order valence-corrected chi connectivity index (χ1v) is 6.85. The van der Waals surface area contributed by atoms with Crippen molar-refractivity contribution in [2.24, 2.45) is 0 Å². The number of unbranched alkanes of at least 4 members (excludes halogenated alkanes) is 2. The molecule has 0 aromatic heterocycles. The number of hydrogen-bond donors (Lipinski definition) is 2. The van der Waals surface area contributed by atoms with Gasteiger partial charge in [0, 0.05) is 26.2 Å². The van der Waals surface area contributed by atoms with Gasteiger partial charge in [-0.2, -0.15) is 0 Å². The third kappa shape index (κ3) is 7.27. The zero-order valence-electron chi connectivity index (χ0n) is 11.6. The Bertz CT molecular complexity index is 238. The van der Waals surface area contributed by atoms with E-state index in [9.17, 15) is 9.59 Å². The van der Waals surface area contributed by atoms with Crippen molar-refractivity contribution in [3.63, 3.8) is 0 Å². The van der Waals surface area contributed by atoms with E-state index in [-0.39, 0.29) is 6.61 Å². The maximum absolute atomic E-state index is 11.8. The molecule has 0 saturated carbocycles. The first-order valence-electron chi connectivity index (χ1n) is 6.85. The van der Waals surface area contributed by atoms with E-state index in [2.05, 4.69) is 5.32 Å². The number of carbonyl (C=O) groups excluding carboxylic acids is 2. The van der Waals surface area contributed by atoms with Gasteiger partial charge in [0.2, 0.25) is 0 Å². The van der Waals surface area contributed by atoms with Crippen molar-refractivity contribution in [1.82, 2.24) is 10.2 Å². The molecule has 2 N–H and O–H groups in total. The number of nitrogens with zero attached hydrogens (tertiary/aromatic N) is 1. The predicted octanol–water partition coefficient (Wildman–Crippen LogP) is 0.914. The Morgan fingerprint density at radius 3 is 2.17 bits per heavy atom. The van der Waals surface area contributed by atoms with E-state index in [0.29, 0.717) is 19.6 Å². The second-order valence-electron chi connectivity index (χ2n) is 4.33. The van der Waals surface area contributed by atoms with Crippen LogP contribution < -0.4 is 5.32 Å². The zero-order valence-corrected chi connectivity index (χ0v) is 11.6. The standard InChI is InChI=1S/C13H26N2O3/c1-3-9-15(10-4-2)13(18)12(17)14-8-6-5-7-11-16/h16H,3-11H2,1-2H3,(H,14,17). The highest BCUT2D eigenvalue weighted by Gasteiger charge is 2.19. The number of aliphatic hydroxyl groups is 1. The Kier molecular flexibility index (Phi) is 10.3. The Labute approximate surface area is 110 Å². The Morgan fingerprint density at radius 2 is 1.67 bits per heavy atom. The molecule has 0 unspecified atom stereocenters. The third-order valence-electron chi connectivity index (χ3n) is 2.59. The van der Waals surface area contributed by atoms with Crippen LogP contribution in [-0.4, -0.2) is 48.1 Å². The molecular formula is C13H26N2O3. The van der Waals surface area contributed by atoms with E-state index in [1.54, 1.807) is 4.90 Å². The number of nitrogens with one attached hydrogen (secondary N) is 1. The highest BCUT2D eigenvalue weighted by molar-refractivity contribution is 6.34. The molecule has 0 bridgehead atoms. The first-order chi connectivity index (χ1) is 8.67. The lowest BCUT2D eigenvalue weighted by Crippen LogP contribution is -2.43. The molecule has 106 valence electrons. The summed E-state index contributed by atoms with van der Waals surface area (Å²) < 4.78 is 0. The van der Waals surface area contributed by atoms with Gasteiger partial charge in [-0.3, -0.25) is 9.59 Å². The molecule has 0 saturated heterocycles. The minimum absolute atomic E-state index is 0.174. The Morgan fingerprint density at radius 1 is 1.06 bits per heavy atom. The second kappa shape index (κ2) is 11.0. The summed E-state index contributed by atoms with van der Waals surface area (Å²) in [7, 11) is 0. The van der Waals surface area contributed by atoms with Crippen LogP contribution >= 0.6 is 0 Å². The molecule has 0 aliphatic rings. The summed E-state index contributed by atoms with van der Waals surface area (Å²) in [6.07, 6.45) is 4.10. The fourth-order valence-corrected chi connectivity index (χ4v) is 1.69. The molecule has 0 rings (SSSR count). The molecule has 0 atom stereocenters. The SMILES string of the molecule is CCCN(CCC)C(=O)C(=O)NCCCCCO. The van der Waals surface area contributed by atoms with Gasteiger partial charge in [0.15, 0.2) is 0 Å². The molecule has 0 radical (unpaired) electrons. The summed E-state index contributed by atoms with van der Waals surface area (Å²) in [5.74, 6) is -0.943. The monoisotopic (exact) mass is 258 g/mol. The molecule has 0 fully saturated rings. The van der Waals surface area contributed by atoms with Crippen molar-refractivity contribution in [2.45, 2.75) is 46.0 Å². The lowest BCUT2D eigenvalue weighted by molar-refractivity contribution is -0.145. The van der Waals surface area contributed by atoms with Gasteiger partial charge >= 0.3 is 11.8 Å². The highest BCUT2D eigenvalue weighted by atomic mass is 16.3. The van der Waals surface area contributed by atoms with Crippen LogP contribution in [0, 0.1) is 0 Å². The summed E-state index contributed by atoms with van der Waals surface area (Å²) in [6, 6.07) is 0. The topological polar surface area (TPSA) is 69.6 Å². The van der Waals surface area contributed by atoms with Crippen LogP contribution in [0.1, 0.15) is 46.0 Å². The number of carbonyl (C=O) groups is 2. The Hall–Kier alpha value is -1.10. The minimum atomic E-state index is -0.513. The smallest absolute Gasteiger partial charge is 0.311 e. The second-order valence-corrected chi connectivity index (χ2v) is 4.33. The maximum atomic E-state index is 11.8. The van der Waals surface area contributed by atoms with E-state index < -0.39 is 11.8 Å². The number of hydrogen-bond acceptors (Lipinski definition) is 3. The number of amides is 2. The van der Waals surface area contributed by atoms with Crippen LogP contribution in [0.2, 0.25) is 0 Å². The van der Waals surface area contributed by atoms with Gasteiger partial charge in [-0.1, -0.05) is 13.8 Å². The molecule has 0 spiro atoms. The lowest BCUT2D eigenvalue weighted by Gasteiger charge is -2.20. The van der Waals surface area contributed by atoms with E-state index >= 15 is 0 Å². The Balaban J connectivity index is 3.94. The summed E-state index contributed by atoms with van der Waals surface area (Å²) in [5, 5.41) is 11.2. The summed E-state index contributed by atoms with van der Waals surface area (Å²) in [5.41, 5.74) is 0. The summed E-state index contributed by atoms with van der Waals surface area (Å²) >= 11 is 0. The predicted molar refractivity (Wildman–Crippen MR) is 71.1 cm³/mol. The number of rotatable bonds is 9. The molecule has 0 aromatic carbocycles. The molecule has 0 aliphatic carbocycles. The van der Waals surface area contributed by atoms with Crippen LogP contribution in [0.4, 0.5) is 0 Å². The zero-order chi connectivity index (χ0) is 13.8. The highest BCUT2D eigenvalue weighted by Crippen LogP contribution is 1.96. The van der Waals surface area contributed by atoms with Crippen molar-refractivity contribution in [1.29, 1.82) is 0 Å². The molecule has 18 heavy (non-hydrogen) atoms. The average molecular weight is 258 g/mol. The largest absolute Gasteiger partial charge is 0.396 e. The van der Waals surface area contributed by atoms with E-state index in [0.717, 1.165) is 32.1 Å². The fourth-order valence-electron chi connectivity index (χ4n) is 1.69. The molecule has 0 aliphatic heterocycles.